The number of halogens is 6. The van der Waals surface area contributed by atoms with Gasteiger partial charge in [-0.05, 0) is 186 Å². The number of esters is 1. The number of carbonyl (C=O) groups is 2. The van der Waals surface area contributed by atoms with Crippen LogP contribution in [0.25, 0.3) is 22.3 Å². The van der Waals surface area contributed by atoms with Gasteiger partial charge in [-0.25, -0.2) is 9.59 Å². The summed E-state index contributed by atoms with van der Waals surface area (Å²) >= 11 is 0. The third kappa shape index (κ3) is 11.1. The molecule has 0 amide bonds. The highest BCUT2D eigenvalue weighted by Crippen LogP contribution is 2.53. The second-order valence-electron chi connectivity index (χ2n) is 19.2. The van der Waals surface area contributed by atoms with Crippen molar-refractivity contribution in [1.29, 1.82) is 0 Å². The predicted molar refractivity (Wildman–Crippen MR) is 232 cm³/mol. The Labute approximate surface area is 375 Å². The number of aliphatic carboxylic acids is 1. The number of methoxy groups -OCH3 is 1. The van der Waals surface area contributed by atoms with Gasteiger partial charge >= 0.3 is 24.3 Å². The maximum absolute atomic E-state index is 14.3. The molecule has 2 aliphatic heterocycles. The van der Waals surface area contributed by atoms with E-state index in [1.807, 2.05) is 18.2 Å². The summed E-state index contributed by atoms with van der Waals surface area (Å²) in [5.74, 6) is -0.556. The predicted octanol–water partition coefficient (Wildman–Crippen LogP) is 13.1. The lowest BCUT2D eigenvalue weighted by Gasteiger charge is -2.31. The quantitative estimate of drug-likeness (QED) is 0.124. The van der Waals surface area contributed by atoms with Crippen LogP contribution in [0.4, 0.5) is 26.3 Å². The number of rotatable bonds is 10. The third-order valence-electron chi connectivity index (χ3n) is 11.7. The molecule has 2 atom stereocenters. The van der Waals surface area contributed by atoms with Crippen molar-refractivity contribution in [3.63, 3.8) is 0 Å². The molecule has 8 rings (SSSR count). The number of carbonyl (C=O) groups excluding carboxylic acids is 1. The Bertz CT molecular complexity index is 2420. The van der Waals surface area contributed by atoms with E-state index in [4.69, 9.17) is 23.7 Å². The van der Waals surface area contributed by atoms with E-state index in [1.165, 1.54) is 6.07 Å². The van der Waals surface area contributed by atoms with Crippen LogP contribution in [0.5, 0.6) is 11.5 Å². The van der Waals surface area contributed by atoms with Crippen molar-refractivity contribution < 1.29 is 64.7 Å². The maximum Gasteiger partial charge on any atom is 0.416 e. The van der Waals surface area contributed by atoms with Crippen molar-refractivity contribution in [1.82, 2.24) is 0 Å². The molecule has 350 valence electrons. The molecule has 0 aromatic heterocycles. The average molecular weight is 911 g/mol. The molecule has 4 aromatic carbocycles. The van der Waals surface area contributed by atoms with Crippen molar-refractivity contribution in [2.75, 3.05) is 20.3 Å². The molecular formula is C51H56F6O8. The summed E-state index contributed by atoms with van der Waals surface area (Å²) < 4.78 is 113. The van der Waals surface area contributed by atoms with Gasteiger partial charge in [0, 0.05) is 11.1 Å². The van der Waals surface area contributed by atoms with Crippen LogP contribution in [0.2, 0.25) is 0 Å². The van der Waals surface area contributed by atoms with Gasteiger partial charge in [0.25, 0.3) is 0 Å². The molecule has 65 heavy (non-hydrogen) atoms. The Morgan fingerprint density at radius 1 is 0.615 bits per heavy atom. The van der Waals surface area contributed by atoms with Gasteiger partial charge in [-0.2, -0.15) is 26.3 Å². The molecule has 2 unspecified atom stereocenters. The zero-order chi connectivity index (χ0) is 47.2. The summed E-state index contributed by atoms with van der Waals surface area (Å²) in [6.45, 7) is 11.3. The van der Waals surface area contributed by atoms with Crippen LogP contribution in [-0.4, -0.2) is 48.6 Å². The first-order chi connectivity index (χ1) is 30.4. The minimum Gasteiger partial charge on any atom is -0.493 e. The van der Waals surface area contributed by atoms with E-state index < -0.39 is 58.8 Å². The Hall–Kier alpha value is -5.08. The molecule has 0 radical (unpaired) electrons. The highest BCUT2D eigenvalue weighted by Gasteiger charge is 2.45. The van der Waals surface area contributed by atoms with Crippen LogP contribution in [0.15, 0.2) is 60.7 Å². The maximum atomic E-state index is 14.3. The van der Waals surface area contributed by atoms with Crippen molar-refractivity contribution in [3.05, 3.63) is 105 Å². The van der Waals surface area contributed by atoms with E-state index in [9.17, 15) is 41.0 Å². The van der Waals surface area contributed by atoms with Crippen LogP contribution in [0.1, 0.15) is 149 Å². The number of hydrogen-bond donors (Lipinski definition) is 1. The Kier molecular flexibility index (Phi) is 13.5. The summed E-state index contributed by atoms with van der Waals surface area (Å²) in [4.78, 5) is 25.1. The molecule has 8 nitrogen and oxygen atoms in total. The van der Waals surface area contributed by atoms with Gasteiger partial charge < -0.3 is 28.8 Å². The van der Waals surface area contributed by atoms with Gasteiger partial charge in [0.15, 0.2) is 12.2 Å². The first-order valence-electron chi connectivity index (χ1n) is 22.1. The fraction of sp³-hybridized carbons (Fsp3) is 0.490. The summed E-state index contributed by atoms with van der Waals surface area (Å²) in [5.41, 5.74) is 1.19. The molecule has 1 N–H and O–H groups in total. The number of hydrogen-bond acceptors (Lipinski definition) is 7. The lowest BCUT2D eigenvalue weighted by molar-refractivity contribution is -0.166. The van der Waals surface area contributed by atoms with Crippen LogP contribution < -0.4 is 9.47 Å². The standard InChI is InChI=1S/C26H29F3O4.C25H27F3O4/c1-25(2,3)33-23(24(30)31-4)22-19(26(27,28)29)11-10-18(15-7-8-15)21(22)17-9-12-20-16(14-17)6-5-13-32-20;1-24(2,3)32-22(23(29)30)21-18(25(26,27)28)10-9-17(14-6-7-14)20(21)16-8-11-19-15(13-16)5-4-12-31-19/h9-12,14-15,23H,5-8,13H2,1-4H3;8-11,13-14,22H,4-7,12H2,1-3H3,(H,29,30). The molecule has 2 aliphatic carbocycles. The SMILES string of the molecule is CC(C)(C)OC(C(=O)O)c1c(C(F)(F)F)ccc(C2CC2)c1-c1ccc2c(c1)CCCO2.COC(=O)C(OC(C)(C)C)c1c(C(F)(F)F)ccc(C2CC2)c1-c1ccc2c(c1)CCCO2. The molecule has 4 aromatic rings. The molecule has 0 saturated heterocycles. The molecule has 2 saturated carbocycles. The van der Waals surface area contributed by atoms with E-state index >= 15 is 0 Å². The second-order valence-corrected chi connectivity index (χ2v) is 19.2. The van der Waals surface area contributed by atoms with E-state index in [-0.39, 0.29) is 23.0 Å². The molecule has 2 fully saturated rings. The van der Waals surface area contributed by atoms with Crippen molar-refractivity contribution in [2.24, 2.45) is 0 Å². The zero-order valence-corrected chi connectivity index (χ0v) is 37.7. The van der Waals surface area contributed by atoms with Crippen LogP contribution in [0, 0.1) is 0 Å². The number of ether oxygens (including phenoxy) is 5. The minimum absolute atomic E-state index is 0.113. The molecule has 2 heterocycles. The number of benzene rings is 4. The fourth-order valence-electron chi connectivity index (χ4n) is 8.73. The van der Waals surface area contributed by atoms with Gasteiger partial charge in [-0.3, -0.25) is 0 Å². The number of fused-ring (bicyclic) bond motifs is 2. The minimum atomic E-state index is -4.72. The van der Waals surface area contributed by atoms with Gasteiger partial charge in [-0.15, -0.1) is 0 Å². The van der Waals surface area contributed by atoms with E-state index in [2.05, 4.69) is 0 Å². The molecule has 0 spiro atoms. The number of carboxylic acids is 1. The van der Waals surface area contributed by atoms with Gasteiger partial charge in [0.2, 0.25) is 0 Å². The summed E-state index contributed by atoms with van der Waals surface area (Å²) in [7, 11) is 1.16. The van der Waals surface area contributed by atoms with E-state index in [0.29, 0.717) is 35.5 Å². The van der Waals surface area contributed by atoms with Crippen LogP contribution in [-0.2, 0) is 49.0 Å². The third-order valence-corrected chi connectivity index (χ3v) is 11.7. The van der Waals surface area contributed by atoms with Crippen molar-refractivity contribution in [2.45, 2.75) is 141 Å². The Morgan fingerprint density at radius 2 is 1.02 bits per heavy atom. The van der Waals surface area contributed by atoms with Gasteiger partial charge in [-0.1, -0.05) is 24.3 Å². The topological polar surface area (TPSA) is 101 Å². The van der Waals surface area contributed by atoms with Gasteiger partial charge in [0.05, 0.1) is 42.7 Å². The van der Waals surface area contributed by atoms with Crippen molar-refractivity contribution in [3.8, 4) is 33.8 Å². The summed E-state index contributed by atoms with van der Waals surface area (Å²) in [6.07, 6.45) is -5.93. The number of aryl methyl sites for hydroxylation is 2. The highest BCUT2D eigenvalue weighted by molar-refractivity contribution is 5.85. The molecule has 14 heteroatoms. The summed E-state index contributed by atoms with van der Waals surface area (Å²) in [5, 5.41) is 9.98. The average Bonchev–Trinajstić information content (AvgIpc) is 4.17. The van der Waals surface area contributed by atoms with E-state index in [0.717, 1.165) is 104 Å². The van der Waals surface area contributed by atoms with E-state index in [1.54, 1.807) is 65.8 Å². The Balaban J connectivity index is 0.000000194. The zero-order valence-electron chi connectivity index (χ0n) is 37.7. The first-order valence-corrected chi connectivity index (χ1v) is 22.1. The smallest absolute Gasteiger partial charge is 0.416 e. The second kappa shape index (κ2) is 18.3. The fourth-order valence-corrected chi connectivity index (χ4v) is 8.73. The molecule has 4 aliphatic rings. The number of carboxylic acid groups (broad SMARTS) is 1. The highest BCUT2D eigenvalue weighted by atomic mass is 19.4. The first kappa shape index (κ1) is 47.9. The van der Waals surface area contributed by atoms with Gasteiger partial charge in [0.1, 0.15) is 11.5 Å². The van der Waals surface area contributed by atoms with Crippen molar-refractivity contribution >= 4 is 11.9 Å². The van der Waals surface area contributed by atoms with Crippen LogP contribution >= 0.6 is 0 Å². The molecular weight excluding hydrogens is 855 g/mol. The van der Waals surface area contributed by atoms with Crippen LogP contribution in [0.3, 0.4) is 0 Å². The molecule has 0 bridgehead atoms. The largest absolute Gasteiger partial charge is 0.493 e. The lowest BCUT2D eigenvalue weighted by atomic mass is 9.84. The number of alkyl halides is 6. The normalized spacial score (nSPS) is 17.3. The lowest BCUT2D eigenvalue weighted by Crippen LogP contribution is -2.30. The monoisotopic (exact) mass is 910 g/mol. The summed E-state index contributed by atoms with van der Waals surface area (Å²) in [6, 6.07) is 16.0. The Morgan fingerprint density at radius 3 is 1.37 bits per heavy atom.